The lowest BCUT2D eigenvalue weighted by atomic mass is 10.00. The van der Waals surface area contributed by atoms with E-state index in [-0.39, 0.29) is 12.2 Å². The van der Waals surface area contributed by atoms with Gasteiger partial charge in [-0.2, -0.15) is 0 Å². The lowest BCUT2D eigenvalue weighted by Gasteiger charge is -2.20. The highest BCUT2D eigenvalue weighted by molar-refractivity contribution is 6.03. The van der Waals surface area contributed by atoms with Crippen LogP contribution in [0.1, 0.15) is 21.5 Å². The summed E-state index contributed by atoms with van der Waals surface area (Å²) in [7, 11) is 0. The van der Waals surface area contributed by atoms with Gasteiger partial charge in [-0.1, -0.05) is 12.1 Å². The summed E-state index contributed by atoms with van der Waals surface area (Å²) < 4.78 is 18.8. The number of rotatable bonds is 5. The predicted molar refractivity (Wildman–Crippen MR) is 84.6 cm³/mol. The SMILES string of the molecule is Cc1cccc(OCC2(C(=O)c3ccc(F)cc3)N=NN=N2)c1C. The van der Waals surface area contributed by atoms with E-state index in [1.807, 2.05) is 32.0 Å². The molecule has 0 spiro atoms. The van der Waals surface area contributed by atoms with E-state index in [9.17, 15) is 9.18 Å². The van der Waals surface area contributed by atoms with Gasteiger partial charge in [0, 0.05) is 5.56 Å². The Labute approximate surface area is 138 Å². The maximum absolute atomic E-state index is 13.1. The largest absolute Gasteiger partial charge is 0.488 e. The van der Waals surface area contributed by atoms with E-state index in [1.54, 1.807) is 0 Å². The lowest BCUT2D eigenvalue weighted by Crippen LogP contribution is -2.39. The van der Waals surface area contributed by atoms with Crippen LogP contribution in [0.5, 0.6) is 5.75 Å². The Morgan fingerprint density at radius 2 is 1.75 bits per heavy atom. The van der Waals surface area contributed by atoms with Crippen molar-refractivity contribution in [3.05, 3.63) is 65.0 Å². The summed E-state index contributed by atoms with van der Waals surface area (Å²) in [4.78, 5) is 12.7. The quantitative estimate of drug-likeness (QED) is 0.771. The molecule has 0 fully saturated rings. The molecule has 1 heterocycles. The van der Waals surface area contributed by atoms with Crippen LogP contribution in [-0.2, 0) is 0 Å². The molecule has 3 rings (SSSR count). The Hall–Kier alpha value is -2.96. The number of ether oxygens (including phenoxy) is 1. The van der Waals surface area contributed by atoms with Crippen molar-refractivity contribution >= 4 is 5.78 Å². The third-order valence-corrected chi connectivity index (χ3v) is 3.91. The predicted octanol–water partition coefficient (Wildman–Crippen LogP) is 4.23. The molecule has 0 radical (unpaired) electrons. The third kappa shape index (κ3) is 2.92. The first-order valence-corrected chi connectivity index (χ1v) is 7.35. The van der Waals surface area contributed by atoms with Crippen LogP contribution in [0, 0.1) is 19.7 Å². The average Bonchev–Trinajstić information content (AvgIpc) is 3.06. The molecule has 0 bridgehead atoms. The number of carbonyl (C=O) groups is 1. The molecule has 122 valence electrons. The van der Waals surface area contributed by atoms with E-state index in [1.165, 1.54) is 24.3 Å². The van der Waals surface area contributed by atoms with Crippen LogP contribution in [0.25, 0.3) is 0 Å². The Bertz CT molecular complexity index is 819. The maximum atomic E-state index is 13.1. The molecule has 6 nitrogen and oxygen atoms in total. The number of Topliss-reactive ketones (excluding diaryl/α,β-unsaturated/α-hetero) is 1. The van der Waals surface area contributed by atoms with E-state index >= 15 is 0 Å². The molecule has 0 N–H and O–H groups in total. The zero-order valence-corrected chi connectivity index (χ0v) is 13.2. The van der Waals surface area contributed by atoms with Gasteiger partial charge in [-0.15, -0.1) is 10.2 Å². The fourth-order valence-electron chi connectivity index (χ4n) is 2.31. The van der Waals surface area contributed by atoms with Gasteiger partial charge in [-0.25, -0.2) is 4.39 Å². The summed E-state index contributed by atoms with van der Waals surface area (Å²) in [6, 6.07) is 10.8. The molecule has 7 heteroatoms. The van der Waals surface area contributed by atoms with Gasteiger partial charge in [-0.3, -0.25) is 4.79 Å². The van der Waals surface area contributed by atoms with Gasteiger partial charge in [0.25, 0.3) is 5.66 Å². The van der Waals surface area contributed by atoms with Crippen LogP contribution in [0.3, 0.4) is 0 Å². The Balaban J connectivity index is 1.85. The monoisotopic (exact) mass is 326 g/mol. The molecule has 0 atom stereocenters. The highest BCUT2D eigenvalue weighted by Crippen LogP contribution is 2.28. The van der Waals surface area contributed by atoms with E-state index in [4.69, 9.17) is 4.74 Å². The number of ketones is 1. The van der Waals surface area contributed by atoms with Crippen molar-refractivity contribution in [1.29, 1.82) is 0 Å². The van der Waals surface area contributed by atoms with Crippen LogP contribution in [-0.4, -0.2) is 18.1 Å². The number of aryl methyl sites for hydroxylation is 1. The first-order chi connectivity index (χ1) is 11.5. The minimum Gasteiger partial charge on any atom is -0.488 e. The van der Waals surface area contributed by atoms with E-state index in [0.717, 1.165) is 11.1 Å². The first kappa shape index (κ1) is 15.9. The van der Waals surface area contributed by atoms with Crippen LogP contribution in [0.15, 0.2) is 63.1 Å². The molecule has 2 aromatic carbocycles. The van der Waals surface area contributed by atoms with Crippen LogP contribution in [0.2, 0.25) is 0 Å². The second-order valence-electron chi connectivity index (χ2n) is 5.52. The van der Waals surface area contributed by atoms with Crippen molar-refractivity contribution in [2.75, 3.05) is 6.61 Å². The number of nitrogens with zero attached hydrogens (tertiary/aromatic N) is 4. The summed E-state index contributed by atoms with van der Waals surface area (Å²) in [5, 5.41) is 14.6. The van der Waals surface area contributed by atoms with E-state index in [0.29, 0.717) is 5.75 Å². The highest BCUT2D eigenvalue weighted by atomic mass is 19.1. The minimum absolute atomic E-state index is 0.138. The fourth-order valence-corrected chi connectivity index (χ4v) is 2.31. The van der Waals surface area contributed by atoms with Crippen molar-refractivity contribution in [2.24, 2.45) is 20.7 Å². The number of hydrogen-bond acceptors (Lipinski definition) is 6. The molecule has 0 aliphatic carbocycles. The number of halogens is 1. The molecule has 0 saturated carbocycles. The Morgan fingerprint density at radius 3 is 2.42 bits per heavy atom. The molecule has 0 saturated heterocycles. The van der Waals surface area contributed by atoms with E-state index in [2.05, 4.69) is 20.7 Å². The lowest BCUT2D eigenvalue weighted by molar-refractivity contribution is 0.0836. The molecule has 0 unspecified atom stereocenters. The summed E-state index contributed by atoms with van der Waals surface area (Å²) in [6.45, 7) is 3.76. The standard InChI is InChI=1S/C17H15FN4O2/c1-11-4-3-5-15(12(11)2)24-10-17(19-21-22-20-17)16(23)13-6-8-14(18)9-7-13/h3-9H,10H2,1-2H3. The smallest absolute Gasteiger partial charge is 0.290 e. The second kappa shape index (κ2) is 6.27. The van der Waals surface area contributed by atoms with Gasteiger partial charge in [0.1, 0.15) is 18.2 Å². The fraction of sp³-hybridized carbons (Fsp3) is 0.235. The van der Waals surface area contributed by atoms with Crippen molar-refractivity contribution in [1.82, 2.24) is 0 Å². The molecule has 0 aromatic heterocycles. The number of carbonyl (C=O) groups excluding carboxylic acids is 1. The maximum Gasteiger partial charge on any atom is 0.290 e. The Morgan fingerprint density at radius 1 is 1.08 bits per heavy atom. The van der Waals surface area contributed by atoms with Crippen LogP contribution >= 0.6 is 0 Å². The van der Waals surface area contributed by atoms with Crippen molar-refractivity contribution < 1.29 is 13.9 Å². The first-order valence-electron chi connectivity index (χ1n) is 7.35. The number of benzene rings is 2. The van der Waals surface area contributed by atoms with Crippen molar-refractivity contribution in [2.45, 2.75) is 19.5 Å². The average molecular weight is 326 g/mol. The molecule has 1 aliphatic rings. The van der Waals surface area contributed by atoms with Gasteiger partial charge >= 0.3 is 0 Å². The normalized spacial score (nSPS) is 14.8. The molecule has 24 heavy (non-hydrogen) atoms. The molecule has 2 aromatic rings. The molecular formula is C17H15FN4O2. The minimum atomic E-state index is -1.58. The zero-order valence-electron chi connectivity index (χ0n) is 13.2. The zero-order chi connectivity index (χ0) is 17.2. The van der Waals surface area contributed by atoms with Gasteiger partial charge < -0.3 is 4.74 Å². The number of hydrogen-bond donors (Lipinski definition) is 0. The molecule has 0 amide bonds. The van der Waals surface area contributed by atoms with Crippen LogP contribution < -0.4 is 4.74 Å². The highest BCUT2D eigenvalue weighted by Gasteiger charge is 2.43. The summed E-state index contributed by atoms with van der Waals surface area (Å²) in [6.07, 6.45) is 0. The summed E-state index contributed by atoms with van der Waals surface area (Å²) in [5.74, 6) is -0.238. The van der Waals surface area contributed by atoms with E-state index < -0.39 is 17.3 Å². The molecule has 1 aliphatic heterocycles. The molecular weight excluding hydrogens is 311 g/mol. The summed E-state index contributed by atoms with van der Waals surface area (Å²) in [5.41, 5.74) is 0.726. The van der Waals surface area contributed by atoms with Gasteiger partial charge in [-0.05, 0) is 65.8 Å². The van der Waals surface area contributed by atoms with Gasteiger partial charge in [0.2, 0.25) is 5.78 Å². The van der Waals surface area contributed by atoms with Crippen LogP contribution in [0.4, 0.5) is 4.39 Å². The Kier molecular flexibility index (Phi) is 4.16. The van der Waals surface area contributed by atoms with Gasteiger partial charge in [0.15, 0.2) is 0 Å². The van der Waals surface area contributed by atoms with Crippen molar-refractivity contribution in [3.63, 3.8) is 0 Å². The third-order valence-electron chi connectivity index (χ3n) is 3.91. The topological polar surface area (TPSA) is 75.7 Å². The summed E-state index contributed by atoms with van der Waals surface area (Å²) >= 11 is 0. The second-order valence-corrected chi connectivity index (χ2v) is 5.52. The van der Waals surface area contributed by atoms with Crippen molar-refractivity contribution in [3.8, 4) is 5.75 Å². The van der Waals surface area contributed by atoms with Gasteiger partial charge in [0.05, 0.1) is 0 Å².